The fourth-order valence-electron chi connectivity index (χ4n) is 2.59. The summed E-state index contributed by atoms with van der Waals surface area (Å²) >= 11 is 0. The van der Waals surface area contributed by atoms with Crippen molar-refractivity contribution in [2.75, 3.05) is 34.5 Å². The maximum absolute atomic E-state index is 12.4. The molecule has 0 aliphatic heterocycles. The number of urea groups is 2. The predicted octanol–water partition coefficient (Wildman–Crippen LogP) is 5.02. The quantitative estimate of drug-likeness (QED) is 0.673. The number of nitrogens with one attached hydrogen (secondary N) is 2. The Balaban J connectivity index is 1.63. The summed E-state index contributed by atoms with van der Waals surface area (Å²) in [5.74, 6) is 0. The van der Waals surface area contributed by atoms with E-state index in [9.17, 15) is 9.59 Å². The molecule has 3 aromatic rings. The van der Waals surface area contributed by atoms with E-state index >= 15 is 0 Å². The third-order valence-electron chi connectivity index (χ3n) is 4.28. The molecule has 0 aliphatic carbocycles. The van der Waals surface area contributed by atoms with Crippen molar-refractivity contribution in [3.63, 3.8) is 0 Å². The SMILES string of the molecule is CN(C(=O)Nc1ccccc1)c1ccc(N(C)C(=O)Nc2ccccc2)cc1. The number of nitrogens with zero attached hydrogens (tertiary/aromatic N) is 2. The lowest BCUT2D eigenvalue weighted by atomic mass is 10.2. The van der Waals surface area contributed by atoms with Gasteiger partial charge in [0.1, 0.15) is 0 Å². The van der Waals surface area contributed by atoms with Crippen molar-refractivity contribution in [2.24, 2.45) is 0 Å². The molecule has 6 nitrogen and oxygen atoms in total. The van der Waals surface area contributed by atoms with Crippen LogP contribution in [0.5, 0.6) is 0 Å². The van der Waals surface area contributed by atoms with E-state index in [-0.39, 0.29) is 12.1 Å². The fraction of sp³-hybridized carbons (Fsp3) is 0.0909. The normalized spacial score (nSPS) is 10.1. The summed E-state index contributed by atoms with van der Waals surface area (Å²) in [4.78, 5) is 27.8. The largest absolute Gasteiger partial charge is 0.326 e. The smallest absolute Gasteiger partial charge is 0.308 e. The monoisotopic (exact) mass is 374 g/mol. The predicted molar refractivity (Wildman–Crippen MR) is 114 cm³/mol. The zero-order valence-corrected chi connectivity index (χ0v) is 15.8. The number of hydrogen-bond acceptors (Lipinski definition) is 2. The van der Waals surface area contributed by atoms with Crippen LogP contribution in [0.1, 0.15) is 0 Å². The number of benzene rings is 3. The second-order valence-corrected chi connectivity index (χ2v) is 6.23. The number of rotatable bonds is 4. The van der Waals surface area contributed by atoms with Crippen molar-refractivity contribution in [2.45, 2.75) is 0 Å². The van der Waals surface area contributed by atoms with E-state index in [0.29, 0.717) is 11.4 Å². The molecule has 0 fully saturated rings. The zero-order valence-electron chi connectivity index (χ0n) is 15.8. The molecule has 0 atom stereocenters. The van der Waals surface area contributed by atoms with Crippen LogP contribution in [0.15, 0.2) is 84.9 Å². The van der Waals surface area contributed by atoms with E-state index < -0.39 is 0 Å². The number of carbonyl (C=O) groups excluding carboxylic acids is 2. The van der Waals surface area contributed by atoms with E-state index in [1.807, 2.05) is 60.7 Å². The molecule has 3 aromatic carbocycles. The highest BCUT2D eigenvalue weighted by Crippen LogP contribution is 2.21. The Bertz CT molecular complexity index is 849. The molecule has 6 heteroatoms. The molecule has 0 saturated heterocycles. The van der Waals surface area contributed by atoms with Gasteiger partial charge >= 0.3 is 12.1 Å². The highest BCUT2D eigenvalue weighted by atomic mass is 16.2. The second-order valence-electron chi connectivity index (χ2n) is 6.23. The first-order valence-corrected chi connectivity index (χ1v) is 8.84. The van der Waals surface area contributed by atoms with Crippen molar-refractivity contribution in [1.82, 2.24) is 0 Å². The van der Waals surface area contributed by atoms with Gasteiger partial charge in [-0.3, -0.25) is 9.80 Å². The van der Waals surface area contributed by atoms with Gasteiger partial charge in [0.2, 0.25) is 0 Å². The lowest BCUT2D eigenvalue weighted by molar-refractivity contribution is 0.257. The fourth-order valence-corrected chi connectivity index (χ4v) is 2.59. The number of anilines is 4. The highest BCUT2D eigenvalue weighted by Gasteiger charge is 2.14. The first-order chi connectivity index (χ1) is 13.5. The van der Waals surface area contributed by atoms with Gasteiger partial charge in [0.15, 0.2) is 0 Å². The van der Waals surface area contributed by atoms with Gasteiger partial charge in [-0.1, -0.05) is 36.4 Å². The topological polar surface area (TPSA) is 64.7 Å². The standard InChI is InChI=1S/C22H22N4O2/c1-25(21(27)23-17-9-5-3-6-10-17)19-13-15-20(16-14-19)26(2)22(28)24-18-11-7-4-8-12-18/h3-16H,1-2H3,(H,23,27)(H,24,28). The molecule has 0 heterocycles. The third kappa shape index (κ3) is 4.67. The minimum Gasteiger partial charge on any atom is -0.308 e. The minimum atomic E-state index is -0.242. The third-order valence-corrected chi connectivity index (χ3v) is 4.28. The number of hydrogen-bond donors (Lipinski definition) is 2. The van der Waals surface area contributed by atoms with E-state index in [1.165, 1.54) is 9.80 Å². The number of carbonyl (C=O) groups is 2. The van der Waals surface area contributed by atoms with Crippen molar-refractivity contribution in [3.05, 3.63) is 84.9 Å². The van der Waals surface area contributed by atoms with Crippen LogP contribution in [0.3, 0.4) is 0 Å². The Labute approximate surface area is 164 Å². The molecule has 0 radical (unpaired) electrons. The number of para-hydroxylation sites is 2. The van der Waals surface area contributed by atoms with Gasteiger partial charge in [-0.2, -0.15) is 0 Å². The molecule has 4 amide bonds. The molecule has 0 aliphatic rings. The molecule has 0 bridgehead atoms. The molecule has 0 saturated carbocycles. The van der Waals surface area contributed by atoms with Crippen LogP contribution in [-0.2, 0) is 0 Å². The van der Waals surface area contributed by atoms with Gasteiger partial charge in [0.25, 0.3) is 0 Å². The zero-order chi connectivity index (χ0) is 19.9. The lowest BCUT2D eigenvalue weighted by Gasteiger charge is -2.21. The van der Waals surface area contributed by atoms with E-state index in [1.54, 1.807) is 38.4 Å². The van der Waals surface area contributed by atoms with Gasteiger partial charge in [-0.15, -0.1) is 0 Å². The van der Waals surface area contributed by atoms with Gasteiger partial charge in [0, 0.05) is 36.8 Å². The van der Waals surface area contributed by atoms with Crippen LogP contribution < -0.4 is 20.4 Å². The molecule has 0 aromatic heterocycles. The van der Waals surface area contributed by atoms with Crippen molar-refractivity contribution >= 4 is 34.8 Å². The Hall–Kier alpha value is -3.80. The summed E-state index contributed by atoms with van der Waals surface area (Å²) in [6.07, 6.45) is 0. The number of amides is 4. The average Bonchev–Trinajstić information content (AvgIpc) is 2.74. The second kappa shape index (κ2) is 8.73. The summed E-state index contributed by atoms with van der Waals surface area (Å²) in [5.41, 5.74) is 2.89. The van der Waals surface area contributed by atoms with Gasteiger partial charge in [0.05, 0.1) is 0 Å². The molecular formula is C22H22N4O2. The van der Waals surface area contributed by atoms with Crippen molar-refractivity contribution in [1.29, 1.82) is 0 Å². The van der Waals surface area contributed by atoms with Crippen molar-refractivity contribution < 1.29 is 9.59 Å². The van der Waals surface area contributed by atoms with Crippen LogP contribution in [0, 0.1) is 0 Å². The first kappa shape index (κ1) is 19.0. The van der Waals surface area contributed by atoms with Crippen LogP contribution in [0.25, 0.3) is 0 Å². The molecule has 3 rings (SSSR count). The molecule has 2 N–H and O–H groups in total. The van der Waals surface area contributed by atoms with Crippen LogP contribution >= 0.6 is 0 Å². The first-order valence-electron chi connectivity index (χ1n) is 8.84. The molecule has 0 spiro atoms. The summed E-state index contributed by atoms with van der Waals surface area (Å²) in [5, 5.41) is 5.67. The molecule has 0 unspecified atom stereocenters. The van der Waals surface area contributed by atoms with E-state index in [2.05, 4.69) is 10.6 Å². The van der Waals surface area contributed by atoms with Gasteiger partial charge in [-0.25, -0.2) is 9.59 Å². The highest BCUT2D eigenvalue weighted by molar-refractivity contribution is 6.03. The van der Waals surface area contributed by atoms with E-state index in [4.69, 9.17) is 0 Å². The Morgan fingerprint density at radius 2 is 0.893 bits per heavy atom. The Morgan fingerprint density at radius 3 is 1.21 bits per heavy atom. The maximum Gasteiger partial charge on any atom is 0.326 e. The van der Waals surface area contributed by atoms with E-state index in [0.717, 1.165) is 11.4 Å². The Kier molecular flexibility index (Phi) is 5.91. The van der Waals surface area contributed by atoms with Crippen LogP contribution in [0.2, 0.25) is 0 Å². The molecular weight excluding hydrogens is 352 g/mol. The van der Waals surface area contributed by atoms with Crippen LogP contribution in [0.4, 0.5) is 32.3 Å². The Morgan fingerprint density at radius 1 is 0.571 bits per heavy atom. The lowest BCUT2D eigenvalue weighted by Crippen LogP contribution is -2.32. The summed E-state index contributed by atoms with van der Waals surface area (Å²) in [7, 11) is 3.39. The summed E-state index contributed by atoms with van der Waals surface area (Å²) in [6.45, 7) is 0. The van der Waals surface area contributed by atoms with Gasteiger partial charge in [-0.05, 0) is 48.5 Å². The van der Waals surface area contributed by atoms with Crippen molar-refractivity contribution in [3.8, 4) is 0 Å². The molecule has 142 valence electrons. The van der Waals surface area contributed by atoms with Gasteiger partial charge < -0.3 is 10.6 Å². The summed E-state index contributed by atoms with van der Waals surface area (Å²) in [6, 6.07) is 25.3. The molecule has 28 heavy (non-hydrogen) atoms. The summed E-state index contributed by atoms with van der Waals surface area (Å²) < 4.78 is 0. The minimum absolute atomic E-state index is 0.242. The van der Waals surface area contributed by atoms with Crippen LogP contribution in [-0.4, -0.2) is 26.2 Å². The average molecular weight is 374 g/mol. The maximum atomic E-state index is 12.4.